The third-order valence-electron chi connectivity index (χ3n) is 1.74. The predicted octanol–water partition coefficient (Wildman–Crippen LogP) is -0.0572. The highest BCUT2D eigenvalue weighted by Gasteiger charge is 2.09. The first-order valence-electron chi connectivity index (χ1n) is 5.23. The second-order valence-electron chi connectivity index (χ2n) is 3.38. The van der Waals surface area contributed by atoms with E-state index in [4.69, 9.17) is 5.73 Å². The zero-order valence-corrected chi connectivity index (χ0v) is 10.4. The molecule has 2 amide bonds. The fraction of sp³-hybridized carbons (Fsp3) is 0.545. The lowest BCUT2D eigenvalue weighted by Gasteiger charge is -2.07. The first-order chi connectivity index (χ1) is 7.97. The van der Waals surface area contributed by atoms with Crippen LogP contribution in [0.5, 0.6) is 0 Å². The standard InChI is InChI=1S/C9H17N3O3.C2H4.3H2/c1-6(2)7(13)4-11-9(15)5-12-8(14)3-10;1-2;;;/h6H,3-5,10H2,1-2H3,(H,11,15)(H,12,14);1-2H2;3*1H. The minimum Gasteiger partial charge on any atom is -0.347 e. The molecule has 17 heavy (non-hydrogen) atoms. The molecule has 0 bridgehead atoms. The third-order valence-corrected chi connectivity index (χ3v) is 1.74. The molecule has 0 aromatic rings. The molecule has 0 unspecified atom stereocenters. The van der Waals surface area contributed by atoms with Gasteiger partial charge in [-0.3, -0.25) is 14.4 Å². The van der Waals surface area contributed by atoms with Crippen LogP contribution in [0.25, 0.3) is 0 Å². The summed E-state index contributed by atoms with van der Waals surface area (Å²) < 4.78 is 0. The highest BCUT2D eigenvalue weighted by molar-refractivity contribution is 5.89. The van der Waals surface area contributed by atoms with Gasteiger partial charge in [0, 0.05) is 10.2 Å². The molecule has 6 heteroatoms. The summed E-state index contributed by atoms with van der Waals surface area (Å²) in [5.74, 6) is -0.955. The molecule has 4 N–H and O–H groups in total. The van der Waals surface area contributed by atoms with Crippen molar-refractivity contribution in [3.05, 3.63) is 13.2 Å². The van der Waals surface area contributed by atoms with E-state index in [2.05, 4.69) is 23.8 Å². The quantitative estimate of drug-likeness (QED) is 0.574. The van der Waals surface area contributed by atoms with Gasteiger partial charge in [0.15, 0.2) is 5.78 Å². The minimum atomic E-state index is -0.402. The Hall–Kier alpha value is -1.69. The van der Waals surface area contributed by atoms with Gasteiger partial charge in [-0.25, -0.2) is 0 Å². The molecule has 0 heterocycles. The maximum absolute atomic E-state index is 11.1. The Morgan fingerprint density at radius 3 is 2.00 bits per heavy atom. The van der Waals surface area contributed by atoms with Crippen molar-refractivity contribution in [2.24, 2.45) is 11.7 Å². The van der Waals surface area contributed by atoms with Crippen molar-refractivity contribution < 1.29 is 18.7 Å². The monoisotopic (exact) mass is 249 g/mol. The van der Waals surface area contributed by atoms with Crippen molar-refractivity contribution in [1.29, 1.82) is 0 Å². The van der Waals surface area contributed by atoms with Gasteiger partial charge in [0.25, 0.3) is 0 Å². The summed E-state index contributed by atoms with van der Waals surface area (Å²) in [6.07, 6.45) is 0. The van der Waals surface area contributed by atoms with Crippen LogP contribution in [0.4, 0.5) is 0 Å². The zero-order chi connectivity index (χ0) is 13.8. The van der Waals surface area contributed by atoms with Crippen molar-refractivity contribution in [3.8, 4) is 0 Å². The topological polar surface area (TPSA) is 101 Å². The van der Waals surface area contributed by atoms with Crippen molar-refractivity contribution in [3.63, 3.8) is 0 Å². The van der Waals surface area contributed by atoms with Crippen LogP contribution in [0, 0.1) is 5.92 Å². The van der Waals surface area contributed by atoms with Gasteiger partial charge in [0.1, 0.15) is 0 Å². The summed E-state index contributed by atoms with van der Waals surface area (Å²) in [6.45, 7) is 9.20. The van der Waals surface area contributed by atoms with Gasteiger partial charge >= 0.3 is 0 Å². The lowest BCUT2D eigenvalue weighted by Crippen LogP contribution is -2.41. The molecular weight excluding hydrogens is 222 g/mol. The second kappa shape index (κ2) is 10.8. The molecular formula is C11H27N3O3. The number of hydrogen-bond acceptors (Lipinski definition) is 4. The van der Waals surface area contributed by atoms with Crippen molar-refractivity contribution >= 4 is 17.6 Å². The van der Waals surface area contributed by atoms with Crippen LogP contribution in [0.3, 0.4) is 0 Å². The highest BCUT2D eigenvalue weighted by atomic mass is 16.2. The van der Waals surface area contributed by atoms with E-state index in [1.807, 2.05) is 0 Å². The molecule has 0 radical (unpaired) electrons. The van der Waals surface area contributed by atoms with Crippen LogP contribution >= 0.6 is 0 Å². The summed E-state index contributed by atoms with van der Waals surface area (Å²) in [7, 11) is 0. The number of Topliss-reactive ketones (excluding diaryl/α,β-unsaturated/α-hetero) is 1. The minimum absolute atomic E-state index is 0. The van der Waals surface area contributed by atoms with Crippen LogP contribution in [-0.2, 0) is 14.4 Å². The van der Waals surface area contributed by atoms with Crippen molar-refractivity contribution in [2.45, 2.75) is 13.8 Å². The first-order valence-corrected chi connectivity index (χ1v) is 5.23. The summed E-state index contributed by atoms with van der Waals surface area (Å²) in [6, 6.07) is 0. The van der Waals surface area contributed by atoms with Crippen LogP contribution in [0.2, 0.25) is 0 Å². The molecule has 0 rings (SSSR count). The Bertz CT molecular complexity index is 277. The Morgan fingerprint density at radius 2 is 1.59 bits per heavy atom. The van der Waals surface area contributed by atoms with E-state index in [-0.39, 0.29) is 35.6 Å². The van der Waals surface area contributed by atoms with Crippen LogP contribution in [0.1, 0.15) is 18.1 Å². The normalized spacial score (nSPS) is 8.94. The predicted molar refractivity (Wildman–Crippen MR) is 72.5 cm³/mol. The Labute approximate surface area is 106 Å². The SMILES string of the molecule is C=C.CC(C)C(=O)CNC(=O)CNC(=O)CN.[HH].[HH].[HH]. The van der Waals surface area contributed by atoms with Gasteiger partial charge in [-0.15, -0.1) is 13.2 Å². The highest BCUT2D eigenvalue weighted by Crippen LogP contribution is 1.91. The Kier molecular flexibility index (Phi) is 11.3. The molecule has 0 atom stereocenters. The average Bonchev–Trinajstić information content (AvgIpc) is 2.34. The molecule has 0 spiro atoms. The molecule has 0 aliphatic carbocycles. The van der Waals surface area contributed by atoms with Gasteiger partial charge in [0.05, 0.1) is 19.6 Å². The van der Waals surface area contributed by atoms with E-state index in [0.717, 1.165) is 0 Å². The fourth-order valence-electron chi connectivity index (χ4n) is 0.703. The summed E-state index contributed by atoms with van der Waals surface area (Å²) in [4.78, 5) is 32.9. The second-order valence-corrected chi connectivity index (χ2v) is 3.38. The summed E-state index contributed by atoms with van der Waals surface area (Å²) >= 11 is 0. The fourth-order valence-corrected chi connectivity index (χ4v) is 0.703. The van der Waals surface area contributed by atoms with Gasteiger partial charge < -0.3 is 16.4 Å². The van der Waals surface area contributed by atoms with Crippen LogP contribution in [-0.4, -0.2) is 37.2 Å². The molecule has 104 valence electrons. The first kappa shape index (κ1) is 17.7. The number of amides is 2. The number of ketones is 1. The Balaban J connectivity index is -0.000000143. The lowest BCUT2D eigenvalue weighted by molar-refractivity contribution is -0.127. The zero-order valence-electron chi connectivity index (χ0n) is 10.4. The van der Waals surface area contributed by atoms with Gasteiger partial charge in [-0.2, -0.15) is 0 Å². The summed E-state index contributed by atoms with van der Waals surface area (Å²) in [5.41, 5.74) is 5.02. The lowest BCUT2D eigenvalue weighted by atomic mass is 10.1. The number of hydrogen-bond donors (Lipinski definition) is 3. The molecule has 0 aromatic carbocycles. The maximum Gasteiger partial charge on any atom is 0.239 e. The van der Waals surface area contributed by atoms with Gasteiger partial charge in [0.2, 0.25) is 11.8 Å². The molecule has 0 fully saturated rings. The number of carbonyl (C=O) groups excluding carboxylic acids is 3. The van der Waals surface area contributed by atoms with Crippen LogP contribution in [0.15, 0.2) is 13.2 Å². The van der Waals surface area contributed by atoms with E-state index in [0.29, 0.717) is 0 Å². The van der Waals surface area contributed by atoms with E-state index in [9.17, 15) is 14.4 Å². The number of rotatable bonds is 6. The average molecular weight is 249 g/mol. The number of nitrogens with one attached hydrogen (secondary N) is 2. The molecule has 6 nitrogen and oxygen atoms in total. The molecule has 0 saturated carbocycles. The molecule has 0 aliphatic heterocycles. The van der Waals surface area contributed by atoms with Crippen LogP contribution < -0.4 is 16.4 Å². The van der Waals surface area contributed by atoms with E-state index in [1.54, 1.807) is 13.8 Å². The number of carbonyl (C=O) groups is 3. The largest absolute Gasteiger partial charge is 0.347 e. The molecule has 0 aromatic heterocycles. The van der Waals surface area contributed by atoms with E-state index in [1.165, 1.54) is 0 Å². The van der Waals surface area contributed by atoms with E-state index >= 15 is 0 Å². The van der Waals surface area contributed by atoms with Crippen molar-refractivity contribution in [2.75, 3.05) is 19.6 Å². The van der Waals surface area contributed by atoms with Crippen molar-refractivity contribution in [1.82, 2.24) is 10.6 Å². The maximum atomic E-state index is 11.1. The van der Waals surface area contributed by atoms with E-state index < -0.39 is 11.8 Å². The van der Waals surface area contributed by atoms with Gasteiger partial charge in [-0.05, 0) is 0 Å². The molecule has 0 aliphatic rings. The Morgan fingerprint density at radius 1 is 1.12 bits per heavy atom. The molecule has 0 saturated heterocycles. The smallest absolute Gasteiger partial charge is 0.239 e. The number of nitrogens with two attached hydrogens (primary N) is 1. The third kappa shape index (κ3) is 10.6. The summed E-state index contributed by atoms with van der Waals surface area (Å²) in [5, 5.41) is 4.70. The van der Waals surface area contributed by atoms with Gasteiger partial charge in [-0.1, -0.05) is 13.8 Å².